The van der Waals surface area contributed by atoms with Gasteiger partial charge in [-0.1, -0.05) is 24.3 Å². The Bertz CT molecular complexity index is 794. The molecule has 1 aliphatic carbocycles. The number of hydrogen-bond donors (Lipinski definition) is 2. The minimum Gasteiger partial charge on any atom is -0.493 e. The zero-order valence-corrected chi connectivity index (χ0v) is 18.6. The number of nitrogens with zero attached hydrogens (tertiary/aromatic N) is 1. The van der Waals surface area contributed by atoms with Gasteiger partial charge in [-0.25, -0.2) is 4.99 Å². The van der Waals surface area contributed by atoms with Gasteiger partial charge in [0, 0.05) is 12.1 Å². The van der Waals surface area contributed by atoms with Crippen LogP contribution in [0.5, 0.6) is 17.2 Å². The van der Waals surface area contributed by atoms with Crippen LogP contribution < -0.4 is 25.3 Å². The molecule has 2 aromatic carbocycles. The molecule has 6 nitrogen and oxygen atoms in total. The fourth-order valence-corrected chi connectivity index (χ4v) is 2.68. The van der Waals surface area contributed by atoms with E-state index < -0.39 is 0 Å². The Balaban J connectivity index is 0.00000280. The van der Waals surface area contributed by atoms with Crippen molar-refractivity contribution in [1.82, 2.24) is 5.32 Å². The molecule has 28 heavy (non-hydrogen) atoms. The molecule has 0 unspecified atom stereocenters. The number of hydrogen-bond acceptors (Lipinski definition) is 4. The number of rotatable bonds is 9. The van der Waals surface area contributed by atoms with Crippen molar-refractivity contribution in [2.45, 2.75) is 25.9 Å². The van der Waals surface area contributed by atoms with Gasteiger partial charge in [0.25, 0.3) is 0 Å². The first-order valence-corrected chi connectivity index (χ1v) is 9.15. The van der Waals surface area contributed by atoms with E-state index in [1.165, 1.54) is 12.8 Å². The number of para-hydroxylation sites is 1. The van der Waals surface area contributed by atoms with E-state index in [0.717, 1.165) is 29.4 Å². The summed E-state index contributed by atoms with van der Waals surface area (Å²) in [7, 11) is 3.23. The number of aliphatic imine (C=N–C) groups is 1. The van der Waals surface area contributed by atoms with Gasteiger partial charge in [0.1, 0.15) is 5.75 Å². The lowest BCUT2D eigenvalue weighted by Gasteiger charge is -2.12. The largest absolute Gasteiger partial charge is 0.493 e. The molecule has 3 N–H and O–H groups in total. The van der Waals surface area contributed by atoms with Crippen LogP contribution in [0.25, 0.3) is 0 Å². The van der Waals surface area contributed by atoms with Gasteiger partial charge in [-0.2, -0.15) is 0 Å². The summed E-state index contributed by atoms with van der Waals surface area (Å²) >= 11 is 0. The van der Waals surface area contributed by atoms with Gasteiger partial charge in [0.15, 0.2) is 17.5 Å². The fraction of sp³-hybridized carbons (Fsp3) is 0.381. The highest BCUT2D eigenvalue weighted by Crippen LogP contribution is 2.30. The highest BCUT2D eigenvalue weighted by Gasteiger charge is 2.22. The zero-order valence-electron chi connectivity index (χ0n) is 16.3. The molecule has 0 aromatic heterocycles. The van der Waals surface area contributed by atoms with Gasteiger partial charge in [0.05, 0.1) is 27.4 Å². The lowest BCUT2D eigenvalue weighted by molar-refractivity contribution is 0.296. The summed E-state index contributed by atoms with van der Waals surface area (Å²) < 4.78 is 16.5. The minimum absolute atomic E-state index is 0. The molecule has 2 aromatic rings. The number of guanidine groups is 1. The fourth-order valence-electron chi connectivity index (χ4n) is 2.68. The van der Waals surface area contributed by atoms with Crippen LogP contribution in [0.4, 0.5) is 0 Å². The number of ether oxygens (including phenoxy) is 3. The standard InChI is InChI=1S/C21H27N3O3.HI/c1-25-19-10-9-16(11-20(19)26-2)12-23-21(22)24-13-17-5-3-4-6-18(17)27-14-15-7-8-15;/h3-6,9-11,15H,7-8,12-14H2,1-2H3,(H3,22,23,24);1H. The third kappa shape index (κ3) is 6.47. The predicted molar refractivity (Wildman–Crippen MR) is 122 cm³/mol. The second-order valence-corrected chi connectivity index (χ2v) is 6.61. The molecule has 152 valence electrons. The van der Waals surface area contributed by atoms with Crippen LogP contribution in [-0.2, 0) is 13.1 Å². The van der Waals surface area contributed by atoms with E-state index in [1.807, 2.05) is 42.5 Å². The number of methoxy groups -OCH3 is 2. The first kappa shape index (κ1) is 22.1. The molecule has 0 amide bonds. The third-order valence-corrected chi connectivity index (χ3v) is 4.48. The molecule has 3 rings (SSSR count). The summed E-state index contributed by atoms with van der Waals surface area (Å²) in [6.07, 6.45) is 2.55. The second-order valence-electron chi connectivity index (χ2n) is 6.61. The van der Waals surface area contributed by atoms with Crippen molar-refractivity contribution < 1.29 is 14.2 Å². The number of nitrogens with one attached hydrogen (secondary N) is 1. The summed E-state index contributed by atoms with van der Waals surface area (Å²) in [4.78, 5) is 4.40. The van der Waals surface area contributed by atoms with Crippen LogP contribution in [-0.4, -0.2) is 26.8 Å². The van der Waals surface area contributed by atoms with Crippen LogP contribution in [0.1, 0.15) is 24.0 Å². The zero-order chi connectivity index (χ0) is 19.1. The minimum atomic E-state index is 0. The number of nitrogens with two attached hydrogens (primary N) is 1. The Morgan fingerprint density at radius 2 is 1.82 bits per heavy atom. The Kier molecular flexibility index (Phi) is 8.69. The first-order chi connectivity index (χ1) is 13.2. The Hall–Kier alpha value is -2.16. The van der Waals surface area contributed by atoms with Gasteiger partial charge in [-0.3, -0.25) is 0 Å². The van der Waals surface area contributed by atoms with E-state index in [0.29, 0.717) is 30.5 Å². The van der Waals surface area contributed by atoms with Crippen LogP contribution >= 0.6 is 24.0 Å². The molecule has 0 saturated heterocycles. The average Bonchev–Trinajstić information content (AvgIpc) is 3.54. The first-order valence-electron chi connectivity index (χ1n) is 9.15. The molecule has 0 bridgehead atoms. The van der Waals surface area contributed by atoms with Crippen molar-refractivity contribution in [3.05, 3.63) is 53.6 Å². The number of halogens is 1. The van der Waals surface area contributed by atoms with Crippen molar-refractivity contribution >= 4 is 29.9 Å². The Labute approximate surface area is 183 Å². The predicted octanol–water partition coefficient (Wildman–Crippen LogP) is 3.72. The van der Waals surface area contributed by atoms with Gasteiger partial charge in [-0.15, -0.1) is 24.0 Å². The Morgan fingerprint density at radius 3 is 2.54 bits per heavy atom. The van der Waals surface area contributed by atoms with Crippen molar-refractivity contribution in [2.75, 3.05) is 20.8 Å². The van der Waals surface area contributed by atoms with Gasteiger partial charge in [-0.05, 0) is 42.5 Å². The van der Waals surface area contributed by atoms with Crippen LogP contribution in [0, 0.1) is 5.92 Å². The van der Waals surface area contributed by atoms with E-state index in [4.69, 9.17) is 19.9 Å². The average molecular weight is 497 g/mol. The quantitative estimate of drug-likeness (QED) is 0.314. The monoisotopic (exact) mass is 497 g/mol. The SMILES string of the molecule is COc1ccc(CN=C(N)NCc2ccccc2OCC2CC2)cc1OC.I. The third-order valence-electron chi connectivity index (χ3n) is 4.48. The van der Waals surface area contributed by atoms with E-state index in [2.05, 4.69) is 10.3 Å². The second kappa shape index (κ2) is 11.0. The van der Waals surface area contributed by atoms with Crippen LogP contribution in [0.3, 0.4) is 0 Å². The highest BCUT2D eigenvalue weighted by molar-refractivity contribution is 14.0. The summed E-state index contributed by atoms with van der Waals surface area (Å²) in [5.41, 5.74) is 8.08. The van der Waals surface area contributed by atoms with Crippen molar-refractivity contribution in [3.8, 4) is 17.2 Å². The van der Waals surface area contributed by atoms with Crippen molar-refractivity contribution in [2.24, 2.45) is 16.6 Å². The van der Waals surface area contributed by atoms with Gasteiger partial charge in [0.2, 0.25) is 0 Å². The molecule has 0 heterocycles. The van der Waals surface area contributed by atoms with Gasteiger partial charge < -0.3 is 25.3 Å². The molecule has 0 radical (unpaired) electrons. The van der Waals surface area contributed by atoms with E-state index in [9.17, 15) is 0 Å². The van der Waals surface area contributed by atoms with E-state index >= 15 is 0 Å². The molecular formula is C21H28IN3O3. The van der Waals surface area contributed by atoms with Crippen LogP contribution in [0.2, 0.25) is 0 Å². The maximum absolute atomic E-state index is 6.02. The maximum Gasteiger partial charge on any atom is 0.189 e. The normalized spacial score (nSPS) is 13.4. The topological polar surface area (TPSA) is 78.1 Å². The molecule has 1 fully saturated rings. The smallest absolute Gasteiger partial charge is 0.189 e. The lowest BCUT2D eigenvalue weighted by Crippen LogP contribution is -2.31. The number of benzene rings is 2. The molecule has 1 aliphatic rings. The molecule has 7 heteroatoms. The molecule has 0 spiro atoms. The van der Waals surface area contributed by atoms with E-state index in [-0.39, 0.29) is 24.0 Å². The highest BCUT2D eigenvalue weighted by atomic mass is 127. The van der Waals surface area contributed by atoms with Crippen molar-refractivity contribution in [1.29, 1.82) is 0 Å². The van der Waals surface area contributed by atoms with E-state index in [1.54, 1.807) is 14.2 Å². The molecular weight excluding hydrogens is 469 g/mol. The van der Waals surface area contributed by atoms with Crippen LogP contribution in [0.15, 0.2) is 47.5 Å². The summed E-state index contributed by atoms with van der Waals surface area (Å²) in [5.74, 6) is 3.39. The van der Waals surface area contributed by atoms with Crippen molar-refractivity contribution in [3.63, 3.8) is 0 Å². The summed E-state index contributed by atoms with van der Waals surface area (Å²) in [5, 5.41) is 3.16. The summed E-state index contributed by atoms with van der Waals surface area (Å²) in [6.45, 7) is 1.82. The maximum atomic E-state index is 6.02. The Morgan fingerprint density at radius 1 is 1.07 bits per heavy atom. The molecule has 0 aliphatic heterocycles. The summed E-state index contributed by atoms with van der Waals surface area (Å²) in [6, 6.07) is 13.7. The van der Waals surface area contributed by atoms with Gasteiger partial charge >= 0.3 is 0 Å². The molecule has 1 saturated carbocycles. The molecule has 0 atom stereocenters. The lowest BCUT2D eigenvalue weighted by atomic mass is 10.2.